The lowest BCUT2D eigenvalue weighted by Gasteiger charge is -2.26. The SMILES string of the molecule is CN=C(NCc1cccc(CN2CCOCC2)c1)NCc1cc(OC)c(OC)c(OC)c1.I. The third-order valence-electron chi connectivity index (χ3n) is 5.37. The van der Waals surface area contributed by atoms with E-state index in [1.165, 1.54) is 11.1 Å². The molecule has 1 aliphatic rings. The summed E-state index contributed by atoms with van der Waals surface area (Å²) < 4.78 is 21.7. The predicted molar refractivity (Wildman–Crippen MR) is 141 cm³/mol. The molecule has 0 radical (unpaired) electrons. The van der Waals surface area contributed by atoms with Crippen molar-refractivity contribution in [2.45, 2.75) is 19.6 Å². The van der Waals surface area contributed by atoms with Gasteiger partial charge in [-0.3, -0.25) is 9.89 Å². The third kappa shape index (κ3) is 7.94. The summed E-state index contributed by atoms with van der Waals surface area (Å²) in [6, 6.07) is 12.5. The maximum absolute atomic E-state index is 5.44. The van der Waals surface area contributed by atoms with Crippen molar-refractivity contribution in [3.63, 3.8) is 0 Å². The van der Waals surface area contributed by atoms with Gasteiger partial charge in [-0.05, 0) is 28.8 Å². The van der Waals surface area contributed by atoms with Crippen LogP contribution in [-0.2, 0) is 24.4 Å². The van der Waals surface area contributed by atoms with Gasteiger partial charge in [0, 0.05) is 39.8 Å². The molecule has 182 valence electrons. The monoisotopic (exact) mass is 570 g/mol. The van der Waals surface area contributed by atoms with Crippen LogP contribution in [0.15, 0.2) is 41.4 Å². The molecule has 2 aromatic rings. The van der Waals surface area contributed by atoms with Crippen molar-refractivity contribution < 1.29 is 18.9 Å². The van der Waals surface area contributed by atoms with Crippen LogP contribution in [0.2, 0.25) is 0 Å². The van der Waals surface area contributed by atoms with Gasteiger partial charge in [0.2, 0.25) is 5.75 Å². The van der Waals surface area contributed by atoms with Crippen LogP contribution < -0.4 is 24.8 Å². The van der Waals surface area contributed by atoms with Crippen LogP contribution in [0, 0.1) is 0 Å². The largest absolute Gasteiger partial charge is 0.493 e. The molecule has 8 nitrogen and oxygen atoms in total. The Balaban J connectivity index is 0.00000385. The number of morpholine rings is 1. The molecule has 9 heteroatoms. The van der Waals surface area contributed by atoms with E-state index in [4.69, 9.17) is 18.9 Å². The predicted octanol–water partition coefficient (Wildman–Crippen LogP) is 3.03. The molecule has 1 heterocycles. The van der Waals surface area contributed by atoms with E-state index in [0.29, 0.717) is 30.3 Å². The maximum Gasteiger partial charge on any atom is 0.203 e. The van der Waals surface area contributed by atoms with Gasteiger partial charge in [0.15, 0.2) is 17.5 Å². The fourth-order valence-electron chi connectivity index (χ4n) is 3.69. The Kier molecular flexibility index (Phi) is 11.6. The van der Waals surface area contributed by atoms with E-state index < -0.39 is 0 Å². The molecule has 0 atom stereocenters. The molecule has 1 saturated heterocycles. The number of nitrogens with zero attached hydrogens (tertiary/aromatic N) is 2. The van der Waals surface area contributed by atoms with Crippen molar-refractivity contribution in [3.8, 4) is 17.2 Å². The standard InChI is InChI=1S/C24H34N4O4.HI/c1-25-24(27-16-20-13-21(29-2)23(31-4)22(14-20)30-3)26-15-18-6-5-7-19(12-18)17-28-8-10-32-11-9-28;/h5-7,12-14H,8-11,15-17H2,1-4H3,(H2,25,26,27);1H. The lowest BCUT2D eigenvalue weighted by atomic mass is 10.1. The molecular formula is C24H35IN4O4. The first-order valence-corrected chi connectivity index (χ1v) is 10.8. The van der Waals surface area contributed by atoms with Gasteiger partial charge in [0.05, 0.1) is 34.5 Å². The van der Waals surface area contributed by atoms with E-state index in [1.807, 2.05) is 12.1 Å². The maximum atomic E-state index is 5.44. The van der Waals surface area contributed by atoms with Gasteiger partial charge in [-0.2, -0.15) is 0 Å². The van der Waals surface area contributed by atoms with Gasteiger partial charge in [-0.15, -0.1) is 24.0 Å². The summed E-state index contributed by atoms with van der Waals surface area (Å²) in [5.74, 6) is 2.56. The van der Waals surface area contributed by atoms with E-state index in [0.717, 1.165) is 44.4 Å². The van der Waals surface area contributed by atoms with Gasteiger partial charge in [-0.1, -0.05) is 24.3 Å². The number of nitrogens with one attached hydrogen (secondary N) is 2. The van der Waals surface area contributed by atoms with Crippen LogP contribution in [0.3, 0.4) is 0 Å². The molecule has 33 heavy (non-hydrogen) atoms. The zero-order valence-electron chi connectivity index (χ0n) is 19.8. The van der Waals surface area contributed by atoms with E-state index in [-0.39, 0.29) is 24.0 Å². The number of benzene rings is 2. The summed E-state index contributed by atoms with van der Waals surface area (Å²) in [6.45, 7) is 5.80. The number of hydrogen-bond donors (Lipinski definition) is 2. The highest BCUT2D eigenvalue weighted by atomic mass is 127. The first-order valence-electron chi connectivity index (χ1n) is 10.8. The first kappa shape index (κ1) is 27.0. The van der Waals surface area contributed by atoms with Crippen LogP contribution in [0.5, 0.6) is 17.2 Å². The lowest BCUT2D eigenvalue weighted by Crippen LogP contribution is -2.36. The molecule has 0 amide bonds. The Morgan fingerprint density at radius 2 is 1.52 bits per heavy atom. The summed E-state index contributed by atoms with van der Waals surface area (Å²) in [5.41, 5.74) is 3.52. The Labute approximate surface area is 213 Å². The van der Waals surface area contributed by atoms with E-state index in [2.05, 4.69) is 44.8 Å². The Morgan fingerprint density at radius 3 is 2.09 bits per heavy atom. The number of rotatable bonds is 9. The molecular weight excluding hydrogens is 535 g/mol. The number of ether oxygens (including phenoxy) is 4. The van der Waals surface area contributed by atoms with Crippen molar-refractivity contribution in [3.05, 3.63) is 53.1 Å². The summed E-state index contributed by atoms with van der Waals surface area (Å²) in [7, 11) is 6.59. The normalized spacial score (nSPS) is 14.2. The van der Waals surface area contributed by atoms with Crippen molar-refractivity contribution >= 4 is 29.9 Å². The molecule has 0 aromatic heterocycles. The van der Waals surface area contributed by atoms with E-state index in [1.54, 1.807) is 28.4 Å². The second-order valence-corrected chi connectivity index (χ2v) is 7.52. The number of hydrogen-bond acceptors (Lipinski definition) is 6. The summed E-state index contributed by atoms with van der Waals surface area (Å²) in [6.07, 6.45) is 0. The van der Waals surface area contributed by atoms with Crippen molar-refractivity contribution in [1.82, 2.24) is 15.5 Å². The average molecular weight is 570 g/mol. The Hall–Kier alpha value is -2.24. The van der Waals surface area contributed by atoms with Gasteiger partial charge in [0.25, 0.3) is 0 Å². The second kappa shape index (κ2) is 14.1. The van der Waals surface area contributed by atoms with Crippen molar-refractivity contribution in [2.24, 2.45) is 4.99 Å². The van der Waals surface area contributed by atoms with E-state index >= 15 is 0 Å². The highest BCUT2D eigenvalue weighted by molar-refractivity contribution is 14.0. The molecule has 0 spiro atoms. The molecule has 0 saturated carbocycles. The fourth-order valence-corrected chi connectivity index (χ4v) is 3.69. The van der Waals surface area contributed by atoms with Crippen LogP contribution >= 0.6 is 24.0 Å². The smallest absolute Gasteiger partial charge is 0.203 e. The van der Waals surface area contributed by atoms with Gasteiger partial charge in [0.1, 0.15) is 0 Å². The van der Waals surface area contributed by atoms with Crippen molar-refractivity contribution in [1.29, 1.82) is 0 Å². The molecule has 1 fully saturated rings. The van der Waals surface area contributed by atoms with Gasteiger partial charge < -0.3 is 29.6 Å². The minimum absolute atomic E-state index is 0. The zero-order valence-corrected chi connectivity index (χ0v) is 22.2. The van der Waals surface area contributed by atoms with Crippen LogP contribution in [0.1, 0.15) is 16.7 Å². The molecule has 2 N–H and O–H groups in total. The summed E-state index contributed by atoms with van der Waals surface area (Å²) in [5, 5.41) is 6.73. The number of methoxy groups -OCH3 is 3. The van der Waals surface area contributed by atoms with E-state index in [9.17, 15) is 0 Å². The molecule has 3 rings (SSSR count). The first-order chi connectivity index (χ1) is 15.7. The number of aliphatic imine (C=N–C) groups is 1. The molecule has 0 bridgehead atoms. The number of halogens is 1. The van der Waals surface area contributed by atoms with Crippen LogP contribution in [-0.4, -0.2) is 65.5 Å². The van der Waals surface area contributed by atoms with Gasteiger partial charge in [-0.25, -0.2) is 0 Å². The second-order valence-electron chi connectivity index (χ2n) is 7.52. The fraction of sp³-hybridized carbons (Fsp3) is 0.458. The molecule has 0 aliphatic carbocycles. The minimum Gasteiger partial charge on any atom is -0.493 e. The van der Waals surface area contributed by atoms with Gasteiger partial charge >= 0.3 is 0 Å². The third-order valence-corrected chi connectivity index (χ3v) is 5.37. The highest BCUT2D eigenvalue weighted by Gasteiger charge is 2.14. The van der Waals surface area contributed by atoms with Crippen molar-refractivity contribution in [2.75, 3.05) is 54.7 Å². The Morgan fingerprint density at radius 1 is 0.909 bits per heavy atom. The minimum atomic E-state index is 0. The van der Waals surface area contributed by atoms with Crippen LogP contribution in [0.25, 0.3) is 0 Å². The zero-order chi connectivity index (χ0) is 22.8. The Bertz CT molecular complexity index is 879. The summed E-state index contributed by atoms with van der Waals surface area (Å²) >= 11 is 0. The topological polar surface area (TPSA) is 76.6 Å². The number of guanidine groups is 1. The molecule has 1 aliphatic heterocycles. The quantitative estimate of drug-likeness (QED) is 0.273. The highest BCUT2D eigenvalue weighted by Crippen LogP contribution is 2.38. The summed E-state index contributed by atoms with van der Waals surface area (Å²) in [4.78, 5) is 6.76. The lowest BCUT2D eigenvalue weighted by molar-refractivity contribution is 0.0342. The van der Waals surface area contributed by atoms with Crippen LogP contribution in [0.4, 0.5) is 0 Å². The average Bonchev–Trinajstić information content (AvgIpc) is 2.84. The molecule has 2 aromatic carbocycles. The molecule has 0 unspecified atom stereocenters.